The van der Waals surface area contributed by atoms with Crippen LogP contribution >= 0.6 is 0 Å². The largest absolute Gasteiger partial charge is 0.396 e. The lowest BCUT2D eigenvalue weighted by molar-refractivity contribution is -0.118. The highest BCUT2D eigenvalue weighted by Crippen LogP contribution is 2.24. The molecule has 0 amide bonds. The average molecular weight is 168 g/mol. The lowest BCUT2D eigenvalue weighted by atomic mass is 9.88. The summed E-state index contributed by atoms with van der Waals surface area (Å²) in [6.07, 6.45) is 5.05. The maximum atomic E-state index is 10.9. The van der Waals surface area contributed by atoms with Gasteiger partial charge in [0.25, 0.3) is 0 Å². The summed E-state index contributed by atoms with van der Waals surface area (Å²) in [6.45, 7) is 2.35. The van der Waals surface area contributed by atoms with Crippen LogP contribution in [0.5, 0.6) is 0 Å². The van der Waals surface area contributed by atoms with Gasteiger partial charge in [-0.2, -0.15) is 0 Å². The molecule has 0 bridgehead atoms. The maximum Gasteiger partial charge on any atom is 0.136 e. The number of allylic oxidation sites excluding steroid dienone is 2. The predicted molar refractivity (Wildman–Crippen MR) is 47.8 cm³/mol. The van der Waals surface area contributed by atoms with Crippen molar-refractivity contribution in [3.63, 3.8) is 0 Å². The van der Waals surface area contributed by atoms with Crippen LogP contribution in [0.1, 0.15) is 32.6 Å². The van der Waals surface area contributed by atoms with Gasteiger partial charge in [-0.05, 0) is 18.8 Å². The second-order valence-corrected chi connectivity index (χ2v) is 3.44. The van der Waals surface area contributed by atoms with Gasteiger partial charge >= 0.3 is 0 Å². The smallest absolute Gasteiger partial charge is 0.136 e. The fourth-order valence-electron chi connectivity index (χ4n) is 1.56. The van der Waals surface area contributed by atoms with E-state index in [9.17, 15) is 4.79 Å². The zero-order valence-corrected chi connectivity index (χ0v) is 7.55. The standard InChI is InChI=1S/C10H16O2/c1-8(6-7-11)9-2-4-10(12)5-3-9/h2,8,11H,3-7H2,1H3. The molecule has 1 aliphatic rings. The number of carbonyl (C=O) groups excluding carboxylic acids is 1. The Bertz CT molecular complexity index is 194. The van der Waals surface area contributed by atoms with Gasteiger partial charge in [0.2, 0.25) is 0 Å². The van der Waals surface area contributed by atoms with Gasteiger partial charge in [0, 0.05) is 19.4 Å². The molecule has 1 unspecified atom stereocenters. The monoisotopic (exact) mass is 168 g/mol. The van der Waals surface area contributed by atoms with Gasteiger partial charge in [0.1, 0.15) is 5.78 Å². The normalized spacial score (nSPS) is 20.5. The molecule has 0 saturated heterocycles. The summed E-state index contributed by atoms with van der Waals surface area (Å²) in [5, 5.41) is 8.73. The van der Waals surface area contributed by atoms with Gasteiger partial charge in [-0.15, -0.1) is 0 Å². The predicted octanol–water partition coefficient (Wildman–Crippen LogP) is 1.68. The summed E-state index contributed by atoms with van der Waals surface area (Å²) in [7, 11) is 0. The minimum Gasteiger partial charge on any atom is -0.396 e. The molecule has 0 aromatic rings. The van der Waals surface area contributed by atoms with Crippen molar-refractivity contribution >= 4 is 5.78 Å². The third-order valence-electron chi connectivity index (χ3n) is 2.48. The first kappa shape index (κ1) is 9.46. The van der Waals surface area contributed by atoms with Crippen molar-refractivity contribution in [1.82, 2.24) is 0 Å². The highest BCUT2D eigenvalue weighted by atomic mass is 16.3. The van der Waals surface area contributed by atoms with E-state index in [1.807, 2.05) is 6.08 Å². The second-order valence-electron chi connectivity index (χ2n) is 3.44. The molecule has 0 aliphatic heterocycles. The zero-order valence-electron chi connectivity index (χ0n) is 7.55. The molecule has 2 nitrogen and oxygen atoms in total. The highest BCUT2D eigenvalue weighted by molar-refractivity contribution is 5.81. The van der Waals surface area contributed by atoms with E-state index >= 15 is 0 Å². The number of hydrogen-bond donors (Lipinski definition) is 1. The van der Waals surface area contributed by atoms with Crippen LogP contribution in [0.15, 0.2) is 11.6 Å². The summed E-state index contributed by atoms with van der Waals surface area (Å²) in [6, 6.07) is 0. The van der Waals surface area contributed by atoms with E-state index in [4.69, 9.17) is 5.11 Å². The maximum absolute atomic E-state index is 10.9. The molecule has 2 heteroatoms. The van der Waals surface area contributed by atoms with Crippen molar-refractivity contribution in [1.29, 1.82) is 0 Å². The van der Waals surface area contributed by atoms with Crippen LogP contribution in [0.2, 0.25) is 0 Å². The number of Topliss-reactive ketones (excluding diaryl/α,β-unsaturated/α-hetero) is 1. The Balaban J connectivity index is 2.46. The van der Waals surface area contributed by atoms with E-state index in [0.717, 1.165) is 12.8 Å². The van der Waals surface area contributed by atoms with E-state index < -0.39 is 0 Å². The molecule has 0 aromatic heterocycles. The lowest BCUT2D eigenvalue weighted by Crippen LogP contribution is -2.10. The molecule has 0 aromatic carbocycles. The number of carbonyl (C=O) groups is 1. The first-order valence-electron chi connectivity index (χ1n) is 4.55. The van der Waals surface area contributed by atoms with E-state index in [2.05, 4.69) is 6.92 Å². The number of aliphatic hydroxyl groups is 1. The van der Waals surface area contributed by atoms with Crippen LogP contribution < -0.4 is 0 Å². The number of aliphatic hydroxyl groups excluding tert-OH is 1. The zero-order chi connectivity index (χ0) is 8.97. The van der Waals surface area contributed by atoms with Gasteiger partial charge < -0.3 is 5.11 Å². The molecule has 1 N–H and O–H groups in total. The minimum atomic E-state index is 0.243. The van der Waals surface area contributed by atoms with E-state index in [-0.39, 0.29) is 6.61 Å². The first-order valence-corrected chi connectivity index (χ1v) is 4.55. The fourth-order valence-corrected chi connectivity index (χ4v) is 1.56. The molecule has 1 rings (SSSR count). The first-order chi connectivity index (χ1) is 5.74. The molecule has 1 aliphatic carbocycles. The molecular weight excluding hydrogens is 152 g/mol. The van der Waals surface area contributed by atoms with Crippen molar-refractivity contribution in [2.24, 2.45) is 5.92 Å². The van der Waals surface area contributed by atoms with Gasteiger partial charge in [0.15, 0.2) is 0 Å². The molecule has 0 radical (unpaired) electrons. The Labute approximate surface area is 73.3 Å². The van der Waals surface area contributed by atoms with Crippen LogP contribution in [0, 0.1) is 5.92 Å². The van der Waals surface area contributed by atoms with Gasteiger partial charge in [-0.1, -0.05) is 18.6 Å². The summed E-state index contributed by atoms with van der Waals surface area (Å²) in [4.78, 5) is 10.9. The highest BCUT2D eigenvalue weighted by Gasteiger charge is 2.14. The van der Waals surface area contributed by atoms with Crippen LogP contribution in [-0.2, 0) is 4.79 Å². The van der Waals surface area contributed by atoms with Crippen molar-refractivity contribution < 1.29 is 9.90 Å². The summed E-state index contributed by atoms with van der Waals surface area (Å²) in [5.74, 6) is 0.790. The molecule has 0 fully saturated rings. The Morgan fingerprint density at radius 1 is 1.58 bits per heavy atom. The Morgan fingerprint density at radius 3 is 2.83 bits per heavy atom. The third kappa shape index (κ3) is 2.45. The summed E-state index contributed by atoms with van der Waals surface area (Å²) in [5.41, 5.74) is 1.35. The SMILES string of the molecule is CC(CCO)C1=CCC(=O)CC1. The molecule has 0 spiro atoms. The quantitative estimate of drug-likeness (QED) is 0.651. The molecule has 0 heterocycles. The lowest BCUT2D eigenvalue weighted by Gasteiger charge is -2.17. The molecular formula is C10H16O2. The van der Waals surface area contributed by atoms with Crippen molar-refractivity contribution in [3.8, 4) is 0 Å². The third-order valence-corrected chi connectivity index (χ3v) is 2.48. The number of rotatable bonds is 3. The Kier molecular flexibility index (Phi) is 3.48. The van der Waals surface area contributed by atoms with Gasteiger partial charge in [-0.25, -0.2) is 0 Å². The minimum absolute atomic E-state index is 0.243. The van der Waals surface area contributed by atoms with Crippen LogP contribution in [0.25, 0.3) is 0 Å². The summed E-state index contributed by atoms with van der Waals surface area (Å²) < 4.78 is 0. The van der Waals surface area contributed by atoms with E-state index in [1.165, 1.54) is 5.57 Å². The van der Waals surface area contributed by atoms with Crippen LogP contribution in [0.3, 0.4) is 0 Å². The van der Waals surface area contributed by atoms with Crippen molar-refractivity contribution in [3.05, 3.63) is 11.6 Å². The molecule has 0 saturated carbocycles. The second kappa shape index (κ2) is 4.41. The van der Waals surface area contributed by atoms with Crippen LogP contribution in [0.4, 0.5) is 0 Å². The van der Waals surface area contributed by atoms with Gasteiger partial charge in [-0.3, -0.25) is 4.79 Å². The number of ketones is 1. The fraction of sp³-hybridized carbons (Fsp3) is 0.700. The van der Waals surface area contributed by atoms with E-state index in [0.29, 0.717) is 24.5 Å². The van der Waals surface area contributed by atoms with Crippen molar-refractivity contribution in [2.45, 2.75) is 32.6 Å². The summed E-state index contributed by atoms with van der Waals surface area (Å²) >= 11 is 0. The molecule has 1 atom stereocenters. The topological polar surface area (TPSA) is 37.3 Å². The van der Waals surface area contributed by atoms with Crippen LogP contribution in [-0.4, -0.2) is 17.5 Å². The van der Waals surface area contributed by atoms with E-state index in [1.54, 1.807) is 0 Å². The number of hydrogen-bond acceptors (Lipinski definition) is 2. The molecule has 68 valence electrons. The Morgan fingerprint density at radius 2 is 2.33 bits per heavy atom. The molecule has 12 heavy (non-hydrogen) atoms. The Hall–Kier alpha value is -0.630. The van der Waals surface area contributed by atoms with Crippen molar-refractivity contribution in [2.75, 3.05) is 6.61 Å². The van der Waals surface area contributed by atoms with Gasteiger partial charge in [0.05, 0.1) is 0 Å². The average Bonchev–Trinajstić information content (AvgIpc) is 2.06.